The van der Waals surface area contributed by atoms with Crippen LogP contribution in [-0.2, 0) is 10.8 Å². The summed E-state index contributed by atoms with van der Waals surface area (Å²) in [5, 5.41) is 2.77. The highest BCUT2D eigenvalue weighted by Crippen LogP contribution is 2.22. The van der Waals surface area contributed by atoms with E-state index in [0.29, 0.717) is 22.8 Å². The molecule has 5 nitrogen and oxygen atoms in total. The molecule has 0 radical (unpaired) electrons. The van der Waals surface area contributed by atoms with E-state index >= 15 is 0 Å². The van der Waals surface area contributed by atoms with Gasteiger partial charge in [0.15, 0.2) is 0 Å². The van der Waals surface area contributed by atoms with Crippen LogP contribution in [0.3, 0.4) is 0 Å². The summed E-state index contributed by atoms with van der Waals surface area (Å²) >= 11 is 0. The maximum atomic E-state index is 11.9. The summed E-state index contributed by atoms with van der Waals surface area (Å²) in [6, 6.07) is 4.69. The first-order valence-corrected chi connectivity index (χ1v) is 7.21. The number of carbonyl (C=O) groups is 1. The van der Waals surface area contributed by atoms with E-state index in [1.165, 1.54) is 7.11 Å². The van der Waals surface area contributed by atoms with Crippen LogP contribution in [0.1, 0.15) is 17.3 Å². The number of nitrogens with two attached hydrogens (primary N) is 1. The van der Waals surface area contributed by atoms with Crippen LogP contribution in [0.2, 0.25) is 0 Å². The van der Waals surface area contributed by atoms with Crippen molar-refractivity contribution in [1.82, 2.24) is 5.32 Å². The SMILES string of the molecule is COc1cc(C(=O)NC(C)CS(C)=O)ccc1N. The van der Waals surface area contributed by atoms with E-state index in [1.54, 1.807) is 24.5 Å². The van der Waals surface area contributed by atoms with Crippen molar-refractivity contribution in [1.29, 1.82) is 0 Å². The van der Waals surface area contributed by atoms with E-state index in [9.17, 15) is 9.00 Å². The fraction of sp³-hybridized carbons (Fsp3) is 0.417. The Hall–Kier alpha value is -1.56. The molecular weight excluding hydrogens is 252 g/mol. The monoisotopic (exact) mass is 270 g/mol. The summed E-state index contributed by atoms with van der Waals surface area (Å²) in [7, 11) is 0.559. The molecule has 1 aromatic rings. The lowest BCUT2D eigenvalue weighted by Gasteiger charge is -2.13. The van der Waals surface area contributed by atoms with Crippen molar-refractivity contribution in [2.24, 2.45) is 0 Å². The maximum Gasteiger partial charge on any atom is 0.251 e. The van der Waals surface area contributed by atoms with Crippen LogP contribution in [0.5, 0.6) is 5.75 Å². The topological polar surface area (TPSA) is 81.4 Å². The number of ether oxygens (including phenoxy) is 1. The zero-order valence-electron chi connectivity index (χ0n) is 10.7. The van der Waals surface area contributed by atoms with E-state index in [1.807, 2.05) is 6.92 Å². The molecule has 1 aromatic carbocycles. The molecule has 2 atom stereocenters. The highest BCUT2D eigenvalue weighted by molar-refractivity contribution is 7.84. The van der Waals surface area contributed by atoms with Crippen molar-refractivity contribution in [2.75, 3.05) is 24.9 Å². The lowest BCUT2D eigenvalue weighted by atomic mass is 10.1. The van der Waals surface area contributed by atoms with E-state index < -0.39 is 10.8 Å². The molecule has 1 amide bonds. The molecule has 2 unspecified atom stereocenters. The Morgan fingerprint density at radius 3 is 2.78 bits per heavy atom. The molecule has 6 heteroatoms. The number of hydrogen-bond donors (Lipinski definition) is 2. The van der Waals surface area contributed by atoms with Crippen LogP contribution in [0.4, 0.5) is 5.69 Å². The van der Waals surface area contributed by atoms with Crippen LogP contribution in [0.25, 0.3) is 0 Å². The van der Waals surface area contributed by atoms with Crippen LogP contribution in [0, 0.1) is 0 Å². The largest absolute Gasteiger partial charge is 0.495 e. The highest BCUT2D eigenvalue weighted by Gasteiger charge is 2.12. The Labute approximate surface area is 109 Å². The summed E-state index contributed by atoms with van der Waals surface area (Å²) in [5.74, 6) is 0.665. The van der Waals surface area contributed by atoms with Crippen LogP contribution in [0.15, 0.2) is 18.2 Å². The molecule has 100 valence electrons. The number of benzene rings is 1. The molecule has 0 aliphatic heterocycles. The molecule has 0 aromatic heterocycles. The Morgan fingerprint density at radius 1 is 1.56 bits per heavy atom. The summed E-state index contributed by atoms with van der Waals surface area (Å²) in [6.45, 7) is 1.81. The van der Waals surface area contributed by atoms with Gasteiger partial charge >= 0.3 is 0 Å². The van der Waals surface area contributed by atoms with Gasteiger partial charge in [0.05, 0.1) is 12.8 Å². The van der Waals surface area contributed by atoms with E-state index in [4.69, 9.17) is 10.5 Å². The van der Waals surface area contributed by atoms with Gasteiger partial charge in [0, 0.05) is 34.4 Å². The third kappa shape index (κ3) is 4.03. The second-order valence-electron chi connectivity index (χ2n) is 4.07. The second-order valence-corrected chi connectivity index (χ2v) is 5.55. The van der Waals surface area contributed by atoms with Crippen LogP contribution < -0.4 is 15.8 Å². The minimum absolute atomic E-state index is 0.146. The normalized spacial score (nSPS) is 13.7. The fourth-order valence-electron chi connectivity index (χ4n) is 1.55. The Morgan fingerprint density at radius 2 is 2.22 bits per heavy atom. The van der Waals surface area contributed by atoms with Gasteiger partial charge in [-0.15, -0.1) is 0 Å². The first kappa shape index (κ1) is 14.5. The molecule has 0 spiro atoms. The average molecular weight is 270 g/mol. The molecule has 18 heavy (non-hydrogen) atoms. The molecule has 1 rings (SSSR count). The number of nitrogen functional groups attached to an aromatic ring is 1. The molecule has 0 bridgehead atoms. The molecule has 0 saturated heterocycles. The van der Waals surface area contributed by atoms with Gasteiger partial charge in [-0.25, -0.2) is 0 Å². The summed E-state index contributed by atoms with van der Waals surface area (Å²) < 4.78 is 16.1. The van der Waals surface area contributed by atoms with Gasteiger partial charge in [0.2, 0.25) is 0 Å². The Kier molecular flexibility index (Phi) is 5.15. The minimum Gasteiger partial charge on any atom is -0.495 e. The number of anilines is 1. The lowest BCUT2D eigenvalue weighted by Crippen LogP contribution is -2.36. The van der Waals surface area contributed by atoms with E-state index in [-0.39, 0.29) is 11.9 Å². The first-order chi connectivity index (χ1) is 8.43. The van der Waals surface area contributed by atoms with Crippen molar-refractivity contribution in [3.63, 3.8) is 0 Å². The predicted octanol–water partition coefficient (Wildman–Crippen LogP) is 0.774. The summed E-state index contributed by atoms with van der Waals surface area (Å²) in [4.78, 5) is 11.9. The standard InChI is InChI=1S/C12H18N2O3S/c1-8(7-18(3)16)14-12(15)9-4-5-10(13)11(6-9)17-2/h4-6,8H,7,13H2,1-3H3,(H,14,15). The second kappa shape index (κ2) is 6.39. The van der Waals surface area contributed by atoms with Crippen molar-refractivity contribution < 1.29 is 13.7 Å². The lowest BCUT2D eigenvalue weighted by molar-refractivity contribution is 0.0943. The van der Waals surface area contributed by atoms with Crippen molar-refractivity contribution in [3.05, 3.63) is 23.8 Å². The Bertz CT molecular complexity index is 463. The zero-order valence-corrected chi connectivity index (χ0v) is 11.5. The van der Waals surface area contributed by atoms with Gasteiger partial charge < -0.3 is 15.8 Å². The number of methoxy groups -OCH3 is 1. The van der Waals surface area contributed by atoms with Gasteiger partial charge in [-0.3, -0.25) is 9.00 Å². The predicted molar refractivity (Wildman–Crippen MR) is 73.3 cm³/mol. The number of rotatable bonds is 5. The van der Waals surface area contributed by atoms with E-state index in [0.717, 1.165) is 0 Å². The molecular formula is C12H18N2O3S. The van der Waals surface area contributed by atoms with Crippen LogP contribution in [-0.4, -0.2) is 35.3 Å². The highest BCUT2D eigenvalue weighted by atomic mass is 32.2. The zero-order chi connectivity index (χ0) is 13.7. The van der Waals surface area contributed by atoms with Gasteiger partial charge in [-0.2, -0.15) is 0 Å². The smallest absolute Gasteiger partial charge is 0.251 e. The summed E-state index contributed by atoms with van der Waals surface area (Å²) in [6.07, 6.45) is 1.61. The van der Waals surface area contributed by atoms with Gasteiger partial charge in [0.25, 0.3) is 5.91 Å². The first-order valence-electron chi connectivity index (χ1n) is 5.48. The molecule has 0 heterocycles. The van der Waals surface area contributed by atoms with Crippen LogP contribution >= 0.6 is 0 Å². The molecule has 0 fully saturated rings. The average Bonchev–Trinajstić information content (AvgIpc) is 2.28. The number of nitrogens with one attached hydrogen (secondary N) is 1. The quantitative estimate of drug-likeness (QED) is 0.775. The van der Waals surface area contributed by atoms with E-state index in [2.05, 4.69) is 5.32 Å². The third-order valence-electron chi connectivity index (χ3n) is 2.36. The third-order valence-corrected chi connectivity index (χ3v) is 3.33. The molecule has 0 aliphatic carbocycles. The van der Waals surface area contributed by atoms with Gasteiger partial charge in [0.1, 0.15) is 5.75 Å². The van der Waals surface area contributed by atoms with Gasteiger partial charge in [-0.05, 0) is 25.1 Å². The number of hydrogen-bond acceptors (Lipinski definition) is 4. The summed E-state index contributed by atoms with van der Waals surface area (Å²) in [5.41, 5.74) is 6.62. The Balaban J connectivity index is 2.75. The fourth-order valence-corrected chi connectivity index (χ4v) is 2.34. The molecule has 0 aliphatic rings. The number of carbonyl (C=O) groups excluding carboxylic acids is 1. The van der Waals surface area contributed by atoms with Crippen molar-refractivity contribution >= 4 is 22.4 Å². The minimum atomic E-state index is -0.938. The van der Waals surface area contributed by atoms with Crippen molar-refractivity contribution in [2.45, 2.75) is 13.0 Å². The maximum absolute atomic E-state index is 11.9. The van der Waals surface area contributed by atoms with Crippen molar-refractivity contribution in [3.8, 4) is 5.75 Å². The van der Waals surface area contributed by atoms with Gasteiger partial charge in [-0.1, -0.05) is 0 Å². The number of amides is 1. The molecule has 0 saturated carbocycles. The molecule has 3 N–H and O–H groups in total.